The summed E-state index contributed by atoms with van der Waals surface area (Å²) in [5.74, 6) is 2.29. The Morgan fingerprint density at radius 3 is 2.68 bits per heavy atom. The molecule has 0 aliphatic carbocycles. The van der Waals surface area contributed by atoms with E-state index in [2.05, 4.69) is 6.07 Å². The lowest BCUT2D eigenvalue weighted by atomic mass is 10.2. The molecule has 4 rings (SSSR count). The van der Waals surface area contributed by atoms with E-state index in [1.165, 1.54) is 0 Å². The Hall–Kier alpha value is -3.59. The number of hydrogen-bond donors (Lipinski definition) is 1. The van der Waals surface area contributed by atoms with E-state index >= 15 is 0 Å². The van der Waals surface area contributed by atoms with Crippen LogP contribution in [0.2, 0.25) is 0 Å². The number of nitrogens with zero attached hydrogens (tertiary/aromatic N) is 2. The monoisotopic (exact) mass is 333 g/mol. The number of anilines is 1. The number of hydrogen-bond acceptors (Lipinski definition) is 5. The number of rotatable bonds is 4. The van der Waals surface area contributed by atoms with E-state index < -0.39 is 0 Å². The van der Waals surface area contributed by atoms with E-state index in [0.717, 1.165) is 5.56 Å². The van der Waals surface area contributed by atoms with Crippen LogP contribution in [0.5, 0.6) is 23.1 Å². The third-order valence-corrected chi connectivity index (χ3v) is 3.93. The molecule has 2 heterocycles. The van der Waals surface area contributed by atoms with Crippen molar-refractivity contribution in [2.45, 2.75) is 6.54 Å². The van der Waals surface area contributed by atoms with Crippen molar-refractivity contribution in [1.29, 1.82) is 5.26 Å². The van der Waals surface area contributed by atoms with Crippen LogP contribution in [0.4, 0.5) is 5.69 Å². The molecular formula is C19H15N3O3. The summed E-state index contributed by atoms with van der Waals surface area (Å²) in [6, 6.07) is 18.9. The van der Waals surface area contributed by atoms with Crippen molar-refractivity contribution < 1.29 is 14.2 Å². The van der Waals surface area contributed by atoms with Crippen molar-refractivity contribution in [3.63, 3.8) is 0 Å². The second-order valence-corrected chi connectivity index (χ2v) is 5.59. The third kappa shape index (κ3) is 2.83. The molecule has 124 valence electrons. The molecule has 2 N–H and O–H groups in total. The van der Waals surface area contributed by atoms with Gasteiger partial charge in [-0.25, -0.2) is 0 Å². The summed E-state index contributed by atoms with van der Waals surface area (Å²) in [6.45, 7) is 0.685. The van der Waals surface area contributed by atoms with Crippen LogP contribution in [0.15, 0.2) is 54.6 Å². The van der Waals surface area contributed by atoms with Gasteiger partial charge in [0, 0.05) is 12.1 Å². The molecule has 0 unspecified atom stereocenters. The smallest absolute Gasteiger partial charge is 0.231 e. The van der Waals surface area contributed by atoms with Gasteiger partial charge >= 0.3 is 0 Å². The van der Waals surface area contributed by atoms with Gasteiger partial charge in [-0.1, -0.05) is 30.3 Å². The van der Waals surface area contributed by atoms with E-state index in [-0.39, 0.29) is 6.79 Å². The van der Waals surface area contributed by atoms with Crippen molar-refractivity contribution in [1.82, 2.24) is 4.57 Å². The van der Waals surface area contributed by atoms with E-state index in [1.807, 2.05) is 30.3 Å². The minimum absolute atomic E-state index is 0.198. The first-order valence-corrected chi connectivity index (χ1v) is 7.75. The quantitative estimate of drug-likeness (QED) is 0.790. The molecule has 0 amide bonds. The highest BCUT2D eigenvalue weighted by molar-refractivity contribution is 5.57. The molecule has 0 bridgehead atoms. The molecule has 0 saturated carbocycles. The molecule has 0 spiro atoms. The Labute approximate surface area is 144 Å². The lowest BCUT2D eigenvalue weighted by molar-refractivity contribution is 0.174. The van der Waals surface area contributed by atoms with Gasteiger partial charge in [0.2, 0.25) is 12.7 Å². The number of fused-ring (bicyclic) bond motifs is 1. The van der Waals surface area contributed by atoms with Crippen molar-refractivity contribution >= 4 is 5.69 Å². The predicted octanol–water partition coefficient (Wildman–Crippen LogP) is 3.51. The summed E-state index contributed by atoms with van der Waals surface area (Å²) in [5, 5.41) is 9.41. The average Bonchev–Trinajstić information content (AvgIpc) is 3.21. The van der Waals surface area contributed by atoms with Crippen LogP contribution in [-0.2, 0) is 6.54 Å². The summed E-state index contributed by atoms with van der Waals surface area (Å²) in [7, 11) is 0. The van der Waals surface area contributed by atoms with Crippen LogP contribution in [0.25, 0.3) is 0 Å². The Morgan fingerprint density at radius 2 is 1.88 bits per heavy atom. The summed E-state index contributed by atoms with van der Waals surface area (Å²) in [4.78, 5) is 0. The first-order chi connectivity index (χ1) is 12.2. The van der Waals surface area contributed by atoms with E-state index in [9.17, 15) is 5.26 Å². The summed E-state index contributed by atoms with van der Waals surface area (Å²) in [5.41, 5.74) is 7.97. The Bertz CT molecular complexity index is 958. The SMILES string of the molecule is N#Cc1cc(N)c(Oc2ccc3c(c2)OCO3)n1Cc1ccccc1. The number of aromatic nitrogens is 1. The molecule has 0 radical (unpaired) electrons. The highest BCUT2D eigenvalue weighted by Crippen LogP contribution is 2.38. The molecule has 1 aromatic heterocycles. The molecule has 6 heteroatoms. The number of ether oxygens (including phenoxy) is 3. The zero-order valence-electron chi connectivity index (χ0n) is 13.3. The van der Waals surface area contributed by atoms with Crippen LogP contribution < -0.4 is 19.9 Å². The fourth-order valence-corrected chi connectivity index (χ4v) is 2.73. The molecule has 6 nitrogen and oxygen atoms in total. The minimum atomic E-state index is 0.198. The largest absolute Gasteiger partial charge is 0.454 e. The van der Waals surface area contributed by atoms with E-state index in [1.54, 1.807) is 28.8 Å². The fraction of sp³-hybridized carbons (Fsp3) is 0.105. The van der Waals surface area contributed by atoms with Gasteiger partial charge in [0.05, 0.1) is 12.2 Å². The first-order valence-electron chi connectivity index (χ1n) is 7.75. The van der Waals surface area contributed by atoms with Gasteiger partial charge < -0.3 is 19.9 Å². The van der Waals surface area contributed by atoms with E-state index in [0.29, 0.717) is 41.1 Å². The average molecular weight is 333 g/mol. The Kier molecular flexibility index (Phi) is 3.67. The van der Waals surface area contributed by atoms with Crippen LogP contribution in [0.1, 0.15) is 11.3 Å². The van der Waals surface area contributed by atoms with Gasteiger partial charge in [0.1, 0.15) is 17.5 Å². The van der Waals surface area contributed by atoms with Gasteiger partial charge in [-0.2, -0.15) is 5.26 Å². The molecule has 1 aliphatic heterocycles. The van der Waals surface area contributed by atoms with Crippen LogP contribution >= 0.6 is 0 Å². The summed E-state index contributed by atoms with van der Waals surface area (Å²) in [6.07, 6.45) is 0. The minimum Gasteiger partial charge on any atom is -0.454 e. The van der Waals surface area contributed by atoms with Crippen LogP contribution in [0, 0.1) is 11.3 Å². The maximum atomic E-state index is 9.41. The lowest BCUT2D eigenvalue weighted by Crippen LogP contribution is -2.05. The second-order valence-electron chi connectivity index (χ2n) is 5.59. The normalized spacial score (nSPS) is 12.0. The summed E-state index contributed by atoms with van der Waals surface area (Å²) >= 11 is 0. The Morgan fingerprint density at radius 1 is 1.08 bits per heavy atom. The lowest BCUT2D eigenvalue weighted by Gasteiger charge is -2.13. The standard InChI is InChI=1S/C19H15N3O3/c20-10-14-8-16(21)19(22(14)11-13-4-2-1-3-5-13)25-15-6-7-17-18(9-15)24-12-23-17/h1-9H,11-12,21H2. The number of benzene rings is 2. The van der Waals surface area contributed by atoms with Crippen molar-refractivity contribution in [3.05, 3.63) is 65.9 Å². The Balaban J connectivity index is 1.69. The maximum absolute atomic E-state index is 9.41. The van der Waals surface area contributed by atoms with Crippen LogP contribution in [-0.4, -0.2) is 11.4 Å². The molecule has 1 aliphatic rings. The molecule has 0 atom stereocenters. The molecule has 2 aromatic carbocycles. The predicted molar refractivity (Wildman–Crippen MR) is 91.7 cm³/mol. The zero-order valence-corrected chi connectivity index (χ0v) is 13.3. The highest BCUT2D eigenvalue weighted by atomic mass is 16.7. The van der Waals surface area contributed by atoms with E-state index in [4.69, 9.17) is 19.9 Å². The zero-order chi connectivity index (χ0) is 17.2. The van der Waals surface area contributed by atoms with Crippen molar-refractivity contribution in [3.8, 4) is 29.2 Å². The molecule has 0 fully saturated rings. The number of nitriles is 1. The van der Waals surface area contributed by atoms with Crippen molar-refractivity contribution in [2.24, 2.45) is 0 Å². The number of nitrogen functional groups attached to an aromatic ring is 1. The highest BCUT2D eigenvalue weighted by Gasteiger charge is 2.18. The molecule has 0 saturated heterocycles. The second kappa shape index (κ2) is 6.13. The van der Waals surface area contributed by atoms with Crippen molar-refractivity contribution in [2.75, 3.05) is 12.5 Å². The third-order valence-electron chi connectivity index (χ3n) is 3.93. The maximum Gasteiger partial charge on any atom is 0.231 e. The van der Waals surface area contributed by atoms with Gasteiger partial charge in [0.15, 0.2) is 11.5 Å². The van der Waals surface area contributed by atoms with Gasteiger partial charge in [-0.15, -0.1) is 0 Å². The molecule has 25 heavy (non-hydrogen) atoms. The van der Waals surface area contributed by atoms with Gasteiger partial charge in [-0.05, 0) is 17.7 Å². The van der Waals surface area contributed by atoms with Crippen LogP contribution in [0.3, 0.4) is 0 Å². The van der Waals surface area contributed by atoms with Gasteiger partial charge in [0.25, 0.3) is 0 Å². The topological polar surface area (TPSA) is 82.4 Å². The fourth-order valence-electron chi connectivity index (χ4n) is 2.73. The molecular weight excluding hydrogens is 318 g/mol. The summed E-state index contributed by atoms with van der Waals surface area (Å²) < 4.78 is 18.4. The number of nitrogens with two attached hydrogens (primary N) is 1. The first kappa shape index (κ1) is 15.0. The molecule has 3 aromatic rings. The van der Waals surface area contributed by atoms with Gasteiger partial charge in [-0.3, -0.25) is 4.57 Å².